The van der Waals surface area contributed by atoms with Crippen molar-refractivity contribution in [3.05, 3.63) is 44.9 Å². The molecule has 0 aliphatic carbocycles. The maximum atomic E-state index is 4.55. The number of nitrogens with one attached hydrogen (secondary N) is 1. The minimum absolute atomic E-state index is 0.860. The standard InChI is InChI=1S/C13H15N3S2/c1-9-7-17-8-11(9)5-14-6-12-10(2)15-13-16(12)3-4-18-13/h3-4,7-8,14H,5-6H2,1-2H3. The van der Waals surface area contributed by atoms with Crippen molar-refractivity contribution in [3.63, 3.8) is 0 Å². The summed E-state index contributed by atoms with van der Waals surface area (Å²) < 4.78 is 2.17. The first kappa shape index (κ1) is 11.9. The molecule has 0 fully saturated rings. The quantitative estimate of drug-likeness (QED) is 0.792. The second-order valence-corrected chi connectivity index (χ2v) is 6.00. The van der Waals surface area contributed by atoms with Crippen LogP contribution in [0.25, 0.3) is 4.96 Å². The van der Waals surface area contributed by atoms with Crippen molar-refractivity contribution in [1.29, 1.82) is 0 Å². The Balaban J connectivity index is 1.71. The number of fused-ring (bicyclic) bond motifs is 1. The van der Waals surface area contributed by atoms with E-state index in [4.69, 9.17) is 0 Å². The molecule has 3 nitrogen and oxygen atoms in total. The zero-order valence-corrected chi connectivity index (χ0v) is 12.1. The van der Waals surface area contributed by atoms with Crippen molar-refractivity contribution in [1.82, 2.24) is 14.7 Å². The number of aryl methyl sites for hydroxylation is 2. The van der Waals surface area contributed by atoms with Crippen LogP contribution in [0, 0.1) is 13.8 Å². The normalized spacial score (nSPS) is 11.4. The van der Waals surface area contributed by atoms with E-state index < -0.39 is 0 Å². The molecule has 0 saturated heterocycles. The minimum Gasteiger partial charge on any atom is -0.307 e. The fraction of sp³-hybridized carbons (Fsp3) is 0.308. The smallest absolute Gasteiger partial charge is 0.194 e. The molecule has 3 aromatic heterocycles. The Morgan fingerprint density at radius 1 is 1.28 bits per heavy atom. The maximum Gasteiger partial charge on any atom is 0.194 e. The zero-order valence-electron chi connectivity index (χ0n) is 10.4. The summed E-state index contributed by atoms with van der Waals surface area (Å²) in [5, 5.41) is 9.99. The van der Waals surface area contributed by atoms with E-state index in [1.165, 1.54) is 16.8 Å². The van der Waals surface area contributed by atoms with Crippen LogP contribution in [-0.2, 0) is 13.1 Å². The van der Waals surface area contributed by atoms with Crippen LogP contribution in [-0.4, -0.2) is 9.38 Å². The van der Waals surface area contributed by atoms with Gasteiger partial charge in [0.2, 0.25) is 0 Å². The third-order valence-corrected chi connectivity index (χ3v) is 4.80. The highest BCUT2D eigenvalue weighted by Gasteiger charge is 2.09. The van der Waals surface area contributed by atoms with Crippen molar-refractivity contribution in [3.8, 4) is 0 Å². The first-order valence-electron chi connectivity index (χ1n) is 5.89. The van der Waals surface area contributed by atoms with Crippen molar-refractivity contribution in [2.24, 2.45) is 0 Å². The van der Waals surface area contributed by atoms with Crippen molar-refractivity contribution in [2.75, 3.05) is 0 Å². The van der Waals surface area contributed by atoms with E-state index in [1.54, 1.807) is 22.7 Å². The molecule has 0 spiro atoms. The van der Waals surface area contributed by atoms with Crippen LogP contribution in [0.5, 0.6) is 0 Å². The molecule has 0 unspecified atom stereocenters. The van der Waals surface area contributed by atoms with Crippen molar-refractivity contribution < 1.29 is 0 Å². The molecule has 0 radical (unpaired) electrons. The lowest BCUT2D eigenvalue weighted by Crippen LogP contribution is -2.14. The van der Waals surface area contributed by atoms with Crippen molar-refractivity contribution >= 4 is 27.6 Å². The third-order valence-electron chi connectivity index (χ3n) is 3.13. The largest absolute Gasteiger partial charge is 0.307 e. The average Bonchev–Trinajstić information content (AvgIpc) is 2.99. The Kier molecular flexibility index (Phi) is 3.20. The summed E-state index contributed by atoms with van der Waals surface area (Å²) in [6, 6.07) is 0. The lowest BCUT2D eigenvalue weighted by atomic mass is 10.2. The molecule has 0 saturated carbocycles. The molecular formula is C13H15N3S2. The first-order valence-corrected chi connectivity index (χ1v) is 7.71. The first-order chi connectivity index (χ1) is 8.75. The van der Waals surface area contributed by atoms with Crippen LogP contribution in [0.15, 0.2) is 22.3 Å². The summed E-state index contributed by atoms with van der Waals surface area (Å²) in [6.45, 7) is 6.02. The van der Waals surface area contributed by atoms with Gasteiger partial charge in [0.05, 0.1) is 11.4 Å². The molecule has 3 aromatic rings. The van der Waals surface area contributed by atoms with E-state index in [9.17, 15) is 0 Å². The molecule has 3 heterocycles. The lowest BCUT2D eigenvalue weighted by Gasteiger charge is -2.05. The van der Waals surface area contributed by atoms with Gasteiger partial charge < -0.3 is 5.32 Å². The Morgan fingerprint density at radius 3 is 2.94 bits per heavy atom. The van der Waals surface area contributed by atoms with Gasteiger partial charge in [-0.3, -0.25) is 4.40 Å². The molecule has 5 heteroatoms. The van der Waals surface area contributed by atoms with E-state index in [-0.39, 0.29) is 0 Å². The number of thiazole rings is 1. The Morgan fingerprint density at radius 2 is 2.17 bits per heavy atom. The molecule has 0 aliphatic rings. The highest BCUT2D eigenvalue weighted by atomic mass is 32.1. The van der Waals surface area contributed by atoms with E-state index in [0.717, 1.165) is 23.7 Å². The summed E-state index contributed by atoms with van der Waals surface area (Å²) in [6.07, 6.45) is 2.09. The SMILES string of the molecule is Cc1cscc1CNCc1c(C)nc2sccn12. The third kappa shape index (κ3) is 2.09. The van der Waals surface area contributed by atoms with Gasteiger partial charge in [-0.15, -0.1) is 11.3 Å². The molecule has 0 aliphatic heterocycles. The minimum atomic E-state index is 0.860. The number of aromatic nitrogens is 2. The van der Waals surface area contributed by atoms with Crippen LogP contribution in [0.2, 0.25) is 0 Å². The summed E-state index contributed by atoms with van der Waals surface area (Å²) in [5.74, 6) is 0. The van der Waals surface area contributed by atoms with Gasteiger partial charge in [0.15, 0.2) is 4.96 Å². The fourth-order valence-corrected chi connectivity index (χ4v) is 3.67. The number of nitrogens with zero attached hydrogens (tertiary/aromatic N) is 2. The van der Waals surface area contributed by atoms with Gasteiger partial charge in [-0.05, 0) is 35.7 Å². The van der Waals surface area contributed by atoms with Gasteiger partial charge in [0.25, 0.3) is 0 Å². The second-order valence-electron chi connectivity index (χ2n) is 4.38. The molecule has 94 valence electrons. The van der Waals surface area contributed by atoms with Gasteiger partial charge in [-0.25, -0.2) is 4.98 Å². The molecular weight excluding hydrogens is 262 g/mol. The molecule has 0 aromatic carbocycles. The second kappa shape index (κ2) is 4.84. The summed E-state index contributed by atoms with van der Waals surface area (Å²) in [7, 11) is 0. The topological polar surface area (TPSA) is 29.3 Å². The van der Waals surface area contributed by atoms with E-state index in [2.05, 4.69) is 50.9 Å². The van der Waals surface area contributed by atoms with Crippen LogP contribution < -0.4 is 5.32 Å². The Bertz CT molecular complexity index is 663. The van der Waals surface area contributed by atoms with Crippen LogP contribution in [0.4, 0.5) is 0 Å². The molecule has 1 N–H and O–H groups in total. The number of hydrogen-bond acceptors (Lipinski definition) is 4. The Hall–Kier alpha value is -1.17. The summed E-state index contributed by atoms with van der Waals surface area (Å²) in [4.78, 5) is 5.63. The van der Waals surface area contributed by atoms with Gasteiger partial charge in [0.1, 0.15) is 0 Å². The number of hydrogen-bond donors (Lipinski definition) is 1. The molecule has 0 atom stereocenters. The number of imidazole rings is 1. The Labute approximate surface area is 114 Å². The van der Waals surface area contributed by atoms with E-state index in [1.807, 2.05) is 0 Å². The highest BCUT2D eigenvalue weighted by molar-refractivity contribution is 7.15. The van der Waals surface area contributed by atoms with Gasteiger partial charge in [0, 0.05) is 24.7 Å². The van der Waals surface area contributed by atoms with Gasteiger partial charge in [-0.1, -0.05) is 0 Å². The maximum absolute atomic E-state index is 4.55. The van der Waals surface area contributed by atoms with E-state index in [0.29, 0.717) is 0 Å². The fourth-order valence-electron chi connectivity index (χ4n) is 2.04. The predicted octanol–water partition coefficient (Wildman–Crippen LogP) is 3.36. The lowest BCUT2D eigenvalue weighted by molar-refractivity contribution is 0.672. The molecule has 3 rings (SSSR count). The number of rotatable bonds is 4. The van der Waals surface area contributed by atoms with Gasteiger partial charge >= 0.3 is 0 Å². The average molecular weight is 277 g/mol. The highest BCUT2D eigenvalue weighted by Crippen LogP contribution is 2.17. The summed E-state index contributed by atoms with van der Waals surface area (Å²) >= 11 is 3.45. The van der Waals surface area contributed by atoms with Crippen LogP contribution >= 0.6 is 22.7 Å². The van der Waals surface area contributed by atoms with E-state index >= 15 is 0 Å². The molecule has 0 bridgehead atoms. The predicted molar refractivity (Wildman–Crippen MR) is 77.4 cm³/mol. The summed E-state index contributed by atoms with van der Waals surface area (Å²) in [5.41, 5.74) is 5.15. The van der Waals surface area contributed by atoms with Gasteiger partial charge in [-0.2, -0.15) is 11.3 Å². The number of thiophene rings is 1. The monoisotopic (exact) mass is 277 g/mol. The molecule has 18 heavy (non-hydrogen) atoms. The van der Waals surface area contributed by atoms with Crippen LogP contribution in [0.1, 0.15) is 22.5 Å². The zero-order chi connectivity index (χ0) is 12.5. The molecule has 0 amide bonds. The van der Waals surface area contributed by atoms with Crippen LogP contribution in [0.3, 0.4) is 0 Å². The van der Waals surface area contributed by atoms with Crippen molar-refractivity contribution in [2.45, 2.75) is 26.9 Å².